The molecule has 6 heteroatoms. The maximum Gasteiger partial charge on any atom is 0.249 e. The van der Waals surface area contributed by atoms with E-state index in [1.165, 1.54) is 0 Å². The summed E-state index contributed by atoms with van der Waals surface area (Å²) in [4.78, 5) is 23.3. The van der Waals surface area contributed by atoms with Crippen molar-refractivity contribution in [2.75, 3.05) is 5.32 Å². The van der Waals surface area contributed by atoms with Crippen molar-refractivity contribution in [2.45, 2.75) is 38.6 Å². The standard InChI is InChI=1S/C15H21N3O2.ClH/c1-9-5-6-11(8-12(9)15(17)20)18-14(19)7-10-3-2-4-13(10)16;/h5-6,8,10,13H,2-4,7,16H2,1H3,(H2,17,20)(H,18,19);1H/t10-,13+;/m0./s1. The molecule has 2 amide bonds. The Kier molecular flexibility index (Phi) is 6.18. The van der Waals surface area contributed by atoms with E-state index in [-0.39, 0.29) is 30.3 Å². The molecule has 5 nitrogen and oxygen atoms in total. The minimum atomic E-state index is -0.489. The van der Waals surface area contributed by atoms with Crippen LogP contribution in [0, 0.1) is 12.8 Å². The molecule has 0 bridgehead atoms. The van der Waals surface area contributed by atoms with Gasteiger partial charge in [0.15, 0.2) is 0 Å². The van der Waals surface area contributed by atoms with Gasteiger partial charge in [0.1, 0.15) is 0 Å². The third-order valence-electron chi connectivity index (χ3n) is 3.95. The predicted molar refractivity (Wildman–Crippen MR) is 85.5 cm³/mol. The van der Waals surface area contributed by atoms with Crippen molar-refractivity contribution >= 4 is 29.9 Å². The molecule has 0 aromatic heterocycles. The molecule has 0 radical (unpaired) electrons. The van der Waals surface area contributed by atoms with E-state index in [4.69, 9.17) is 11.5 Å². The molecule has 1 aromatic carbocycles. The van der Waals surface area contributed by atoms with Gasteiger partial charge in [0, 0.05) is 23.7 Å². The first kappa shape index (κ1) is 17.5. The van der Waals surface area contributed by atoms with E-state index >= 15 is 0 Å². The number of nitrogens with two attached hydrogens (primary N) is 2. The fraction of sp³-hybridized carbons (Fsp3) is 0.467. The molecule has 0 saturated heterocycles. The van der Waals surface area contributed by atoms with Gasteiger partial charge < -0.3 is 16.8 Å². The molecule has 1 fully saturated rings. The second kappa shape index (κ2) is 7.43. The van der Waals surface area contributed by atoms with E-state index in [0.717, 1.165) is 24.8 Å². The molecule has 0 spiro atoms. The van der Waals surface area contributed by atoms with E-state index < -0.39 is 5.91 Å². The van der Waals surface area contributed by atoms with Gasteiger partial charge in [-0.3, -0.25) is 9.59 Å². The lowest BCUT2D eigenvalue weighted by Crippen LogP contribution is -2.28. The minimum Gasteiger partial charge on any atom is -0.366 e. The zero-order valence-corrected chi connectivity index (χ0v) is 12.9. The van der Waals surface area contributed by atoms with E-state index in [1.54, 1.807) is 18.2 Å². The van der Waals surface area contributed by atoms with E-state index in [2.05, 4.69) is 5.32 Å². The fourth-order valence-corrected chi connectivity index (χ4v) is 2.73. The van der Waals surface area contributed by atoms with E-state index in [1.807, 2.05) is 6.92 Å². The first-order valence-electron chi connectivity index (χ1n) is 6.93. The highest BCUT2D eigenvalue weighted by atomic mass is 35.5. The number of rotatable bonds is 4. The summed E-state index contributed by atoms with van der Waals surface area (Å²) in [5.74, 6) is -0.293. The molecule has 1 aromatic rings. The van der Waals surface area contributed by atoms with Crippen LogP contribution >= 0.6 is 12.4 Å². The van der Waals surface area contributed by atoms with Gasteiger partial charge in [-0.2, -0.15) is 0 Å². The van der Waals surface area contributed by atoms with Crippen LogP contribution < -0.4 is 16.8 Å². The molecule has 5 N–H and O–H groups in total. The molecular weight excluding hydrogens is 290 g/mol. The molecule has 1 saturated carbocycles. The number of halogens is 1. The Morgan fingerprint density at radius 1 is 1.33 bits per heavy atom. The number of benzene rings is 1. The SMILES string of the molecule is Cc1ccc(NC(=O)C[C@@H]2CCC[C@H]2N)cc1C(N)=O.Cl. The number of aryl methyl sites for hydroxylation is 1. The van der Waals surface area contributed by atoms with Crippen LogP contribution in [0.4, 0.5) is 5.69 Å². The van der Waals surface area contributed by atoms with Gasteiger partial charge in [0.25, 0.3) is 0 Å². The summed E-state index contributed by atoms with van der Waals surface area (Å²) < 4.78 is 0. The number of hydrogen-bond acceptors (Lipinski definition) is 3. The summed E-state index contributed by atoms with van der Waals surface area (Å²) >= 11 is 0. The Bertz CT molecular complexity index is 534. The normalized spacial score (nSPS) is 20.7. The lowest BCUT2D eigenvalue weighted by Gasteiger charge is -2.15. The topological polar surface area (TPSA) is 98.2 Å². The molecule has 0 heterocycles. The van der Waals surface area contributed by atoms with Crippen LogP contribution in [0.25, 0.3) is 0 Å². The van der Waals surface area contributed by atoms with Gasteiger partial charge in [-0.1, -0.05) is 12.5 Å². The van der Waals surface area contributed by atoms with Crippen molar-refractivity contribution in [2.24, 2.45) is 17.4 Å². The Morgan fingerprint density at radius 2 is 2.05 bits per heavy atom. The average Bonchev–Trinajstić information content (AvgIpc) is 2.77. The summed E-state index contributed by atoms with van der Waals surface area (Å²) in [7, 11) is 0. The molecule has 116 valence electrons. The zero-order valence-electron chi connectivity index (χ0n) is 12.1. The number of amides is 2. The Balaban J connectivity index is 0.00000220. The van der Waals surface area contributed by atoms with Gasteiger partial charge >= 0.3 is 0 Å². The number of primary amides is 1. The van der Waals surface area contributed by atoms with Crippen LogP contribution in [0.1, 0.15) is 41.6 Å². The van der Waals surface area contributed by atoms with Gasteiger partial charge in [0.05, 0.1) is 0 Å². The molecule has 21 heavy (non-hydrogen) atoms. The summed E-state index contributed by atoms with van der Waals surface area (Å²) in [6.07, 6.45) is 3.53. The fourth-order valence-electron chi connectivity index (χ4n) is 2.73. The average molecular weight is 312 g/mol. The zero-order chi connectivity index (χ0) is 14.7. The second-order valence-corrected chi connectivity index (χ2v) is 5.50. The van der Waals surface area contributed by atoms with Crippen LogP contribution in [0.2, 0.25) is 0 Å². The quantitative estimate of drug-likeness (QED) is 0.792. The highest BCUT2D eigenvalue weighted by Gasteiger charge is 2.26. The predicted octanol–water partition coefficient (Wildman–Crippen LogP) is 1.97. The number of hydrogen-bond donors (Lipinski definition) is 3. The maximum absolute atomic E-state index is 12.0. The van der Waals surface area contributed by atoms with Gasteiger partial charge in [-0.15, -0.1) is 12.4 Å². The van der Waals surface area contributed by atoms with Gasteiger partial charge in [0.2, 0.25) is 11.8 Å². The first-order chi connectivity index (χ1) is 9.47. The van der Waals surface area contributed by atoms with Crippen LogP contribution in [0.3, 0.4) is 0 Å². The third kappa shape index (κ3) is 4.44. The van der Waals surface area contributed by atoms with E-state index in [9.17, 15) is 9.59 Å². The molecule has 0 aliphatic heterocycles. The van der Waals surface area contributed by atoms with E-state index in [0.29, 0.717) is 17.7 Å². The van der Waals surface area contributed by atoms with Gasteiger partial charge in [-0.05, 0) is 43.4 Å². The van der Waals surface area contributed by atoms with Crippen LogP contribution in [-0.4, -0.2) is 17.9 Å². The van der Waals surface area contributed by atoms with Crippen molar-refractivity contribution in [3.63, 3.8) is 0 Å². The van der Waals surface area contributed by atoms with Crippen molar-refractivity contribution < 1.29 is 9.59 Å². The molecule has 1 aliphatic carbocycles. The smallest absolute Gasteiger partial charge is 0.249 e. The number of carbonyl (C=O) groups is 2. The highest BCUT2D eigenvalue weighted by molar-refractivity contribution is 5.97. The van der Waals surface area contributed by atoms with Crippen molar-refractivity contribution in [3.05, 3.63) is 29.3 Å². The van der Waals surface area contributed by atoms with Gasteiger partial charge in [-0.25, -0.2) is 0 Å². The number of anilines is 1. The molecule has 2 atom stereocenters. The van der Waals surface area contributed by atoms with Crippen molar-refractivity contribution in [1.29, 1.82) is 0 Å². The summed E-state index contributed by atoms with van der Waals surface area (Å²) in [6, 6.07) is 5.29. The first-order valence-corrected chi connectivity index (χ1v) is 6.93. The lowest BCUT2D eigenvalue weighted by molar-refractivity contribution is -0.117. The monoisotopic (exact) mass is 311 g/mol. The molecule has 2 rings (SSSR count). The Hall–Kier alpha value is -1.59. The van der Waals surface area contributed by atoms with Crippen LogP contribution in [-0.2, 0) is 4.79 Å². The molecule has 0 unspecified atom stereocenters. The lowest BCUT2D eigenvalue weighted by atomic mass is 10.00. The Labute approximate surface area is 130 Å². The third-order valence-corrected chi connectivity index (χ3v) is 3.95. The summed E-state index contributed by atoms with van der Waals surface area (Å²) in [6.45, 7) is 1.81. The molecular formula is C15H22ClN3O2. The van der Waals surface area contributed by atoms with Crippen molar-refractivity contribution in [3.8, 4) is 0 Å². The summed E-state index contributed by atoms with van der Waals surface area (Å²) in [5.41, 5.74) is 13.1. The van der Waals surface area contributed by atoms with Crippen LogP contribution in [0.5, 0.6) is 0 Å². The van der Waals surface area contributed by atoms with Crippen LogP contribution in [0.15, 0.2) is 18.2 Å². The number of carbonyl (C=O) groups excluding carboxylic acids is 2. The Morgan fingerprint density at radius 3 is 2.62 bits per heavy atom. The summed E-state index contributed by atoms with van der Waals surface area (Å²) in [5, 5.41) is 2.81. The minimum absolute atomic E-state index is 0. The number of nitrogens with one attached hydrogen (secondary N) is 1. The molecule has 1 aliphatic rings. The highest BCUT2D eigenvalue weighted by Crippen LogP contribution is 2.27. The largest absolute Gasteiger partial charge is 0.366 e. The van der Waals surface area contributed by atoms with Crippen molar-refractivity contribution in [1.82, 2.24) is 0 Å². The second-order valence-electron chi connectivity index (χ2n) is 5.50. The maximum atomic E-state index is 12.0.